The monoisotopic (exact) mass is 488 g/mol. The molecule has 3 aromatic carbocycles. The molecule has 1 amide bonds. The first-order valence-electron chi connectivity index (χ1n) is 11.3. The molecule has 0 aliphatic rings. The maximum absolute atomic E-state index is 13.2. The molecule has 0 aliphatic heterocycles. The summed E-state index contributed by atoms with van der Waals surface area (Å²) in [5.74, 6) is 2.36. The second-order valence-electron chi connectivity index (χ2n) is 8.02. The quantitative estimate of drug-likeness (QED) is 0.279. The van der Waals surface area contributed by atoms with Crippen LogP contribution in [0.1, 0.15) is 19.7 Å². The highest BCUT2D eigenvalue weighted by Crippen LogP contribution is 2.26. The number of carbonyl (C=O) groups is 1. The number of amides is 1. The molecular weight excluding hydrogens is 460 g/mol. The zero-order chi connectivity index (χ0) is 24.6. The van der Waals surface area contributed by atoms with Gasteiger partial charge in [-0.3, -0.25) is 9.36 Å². The van der Waals surface area contributed by atoms with Gasteiger partial charge >= 0.3 is 0 Å². The second-order valence-corrected chi connectivity index (χ2v) is 8.96. The van der Waals surface area contributed by atoms with E-state index in [-0.39, 0.29) is 24.3 Å². The van der Waals surface area contributed by atoms with Crippen LogP contribution in [-0.2, 0) is 11.4 Å². The maximum atomic E-state index is 13.2. The normalized spacial score (nSPS) is 10.9. The first-order chi connectivity index (χ1) is 17.1. The average Bonchev–Trinajstić information content (AvgIpc) is 3.30. The van der Waals surface area contributed by atoms with Gasteiger partial charge in [0.05, 0.1) is 12.9 Å². The number of aromatic nitrogens is 3. The van der Waals surface area contributed by atoms with Crippen LogP contribution in [0.5, 0.6) is 11.5 Å². The van der Waals surface area contributed by atoms with Crippen LogP contribution >= 0.6 is 11.8 Å². The van der Waals surface area contributed by atoms with E-state index in [1.165, 1.54) is 11.8 Å². The number of carbonyl (C=O) groups excluding carboxylic acids is 1. The van der Waals surface area contributed by atoms with E-state index >= 15 is 0 Å². The Hall–Kier alpha value is -3.78. The van der Waals surface area contributed by atoms with Gasteiger partial charge in [-0.05, 0) is 62.4 Å². The number of nitrogens with zero attached hydrogens (tertiary/aromatic N) is 4. The summed E-state index contributed by atoms with van der Waals surface area (Å²) in [6.45, 7) is 4.25. The van der Waals surface area contributed by atoms with Crippen LogP contribution in [0, 0.1) is 0 Å². The van der Waals surface area contributed by atoms with Gasteiger partial charge in [-0.2, -0.15) is 0 Å². The largest absolute Gasteiger partial charge is 0.497 e. The molecule has 0 radical (unpaired) electrons. The highest BCUT2D eigenvalue weighted by atomic mass is 32.2. The molecule has 0 saturated heterocycles. The topological polar surface area (TPSA) is 69.5 Å². The highest BCUT2D eigenvalue weighted by Gasteiger charge is 2.22. The molecule has 0 unspecified atom stereocenters. The van der Waals surface area contributed by atoms with Crippen molar-refractivity contribution < 1.29 is 14.3 Å². The van der Waals surface area contributed by atoms with Crippen molar-refractivity contribution in [2.75, 3.05) is 17.8 Å². The van der Waals surface area contributed by atoms with Crippen LogP contribution < -0.4 is 14.4 Å². The third kappa shape index (κ3) is 6.02. The number of para-hydroxylation sites is 2. The van der Waals surface area contributed by atoms with Crippen molar-refractivity contribution in [1.82, 2.24) is 14.8 Å². The van der Waals surface area contributed by atoms with Gasteiger partial charge in [-0.15, -0.1) is 10.2 Å². The number of thioether (sulfide) groups is 1. The Balaban J connectivity index is 1.57. The fourth-order valence-electron chi connectivity index (χ4n) is 3.66. The van der Waals surface area contributed by atoms with E-state index in [0.717, 1.165) is 22.9 Å². The Kier molecular flexibility index (Phi) is 8.05. The number of anilines is 1. The Bertz CT molecular complexity index is 1230. The highest BCUT2D eigenvalue weighted by molar-refractivity contribution is 7.99. The minimum atomic E-state index is 0.00238. The van der Waals surface area contributed by atoms with Crippen molar-refractivity contribution in [2.45, 2.75) is 31.7 Å². The lowest BCUT2D eigenvalue weighted by Crippen LogP contribution is -2.38. The van der Waals surface area contributed by atoms with Gasteiger partial charge in [0.25, 0.3) is 0 Å². The number of benzene rings is 3. The molecule has 0 atom stereocenters. The molecule has 4 rings (SSSR count). The van der Waals surface area contributed by atoms with Gasteiger partial charge in [0.15, 0.2) is 11.0 Å². The second kappa shape index (κ2) is 11.6. The van der Waals surface area contributed by atoms with Gasteiger partial charge < -0.3 is 14.4 Å². The van der Waals surface area contributed by atoms with Crippen molar-refractivity contribution >= 4 is 23.4 Å². The smallest absolute Gasteiger partial charge is 0.237 e. The minimum absolute atomic E-state index is 0.00238. The zero-order valence-electron chi connectivity index (χ0n) is 20.0. The Morgan fingerprint density at radius 3 is 2.20 bits per heavy atom. The molecule has 0 bridgehead atoms. The molecule has 0 N–H and O–H groups in total. The molecular formula is C27H28N4O3S. The molecule has 35 heavy (non-hydrogen) atoms. The van der Waals surface area contributed by atoms with Crippen LogP contribution in [-0.4, -0.2) is 39.6 Å². The van der Waals surface area contributed by atoms with Crippen molar-refractivity contribution in [2.24, 2.45) is 0 Å². The van der Waals surface area contributed by atoms with Crippen LogP contribution in [0.4, 0.5) is 5.69 Å². The summed E-state index contributed by atoms with van der Waals surface area (Å²) in [5, 5.41) is 9.38. The number of methoxy groups -OCH3 is 1. The summed E-state index contributed by atoms with van der Waals surface area (Å²) < 4.78 is 13.2. The zero-order valence-corrected chi connectivity index (χ0v) is 20.8. The predicted octanol–water partition coefficient (Wildman–Crippen LogP) is 5.39. The van der Waals surface area contributed by atoms with Crippen LogP contribution in [0.2, 0.25) is 0 Å². The third-order valence-electron chi connectivity index (χ3n) is 5.29. The van der Waals surface area contributed by atoms with Gasteiger partial charge in [0, 0.05) is 17.4 Å². The fraction of sp³-hybridized carbons (Fsp3) is 0.222. The van der Waals surface area contributed by atoms with Gasteiger partial charge in [-0.1, -0.05) is 48.2 Å². The molecule has 0 spiro atoms. The summed E-state index contributed by atoms with van der Waals surface area (Å²) in [6.07, 6.45) is 0. The van der Waals surface area contributed by atoms with Gasteiger partial charge in [0.2, 0.25) is 5.91 Å². The molecule has 0 aliphatic carbocycles. The first-order valence-corrected chi connectivity index (χ1v) is 12.3. The van der Waals surface area contributed by atoms with E-state index in [1.54, 1.807) is 12.0 Å². The van der Waals surface area contributed by atoms with E-state index < -0.39 is 0 Å². The van der Waals surface area contributed by atoms with Crippen LogP contribution in [0.15, 0.2) is 90.1 Å². The van der Waals surface area contributed by atoms with E-state index in [4.69, 9.17) is 9.47 Å². The average molecular weight is 489 g/mol. The fourth-order valence-corrected chi connectivity index (χ4v) is 4.49. The summed E-state index contributed by atoms with van der Waals surface area (Å²) in [4.78, 5) is 15.0. The Morgan fingerprint density at radius 1 is 0.914 bits per heavy atom. The molecule has 4 aromatic rings. The summed E-state index contributed by atoms with van der Waals surface area (Å²) in [7, 11) is 1.63. The first kappa shape index (κ1) is 24.3. The number of hydrogen-bond acceptors (Lipinski definition) is 6. The maximum Gasteiger partial charge on any atom is 0.237 e. The molecule has 1 aromatic heterocycles. The Morgan fingerprint density at radius 2 is 1.57 bits per heavy atom. The molecule has 180 valence electrons. The van der Waals surface area contributed by atoms with Crippen LogP contribution in [0.25, 0.3) is 5.69 Å². The van der Waals surface area contributed by atoms with E-state index in [1.807, 2.05) is 103 Å². The number of ether oxygens (including phenoxy) is 2. The van der Waals surface area contributed by atoms with Crippen LogP contribution in [0.3, 0.4) is 0 Å². The number of hydrogen-bond donors (Lipinski definition) is 0. The molecule has 0 saturated carbocycles. The molecule has 7 nitrogen and oxygen atoms in total. The van der Waals surface area contributed by atoms with Crippen molar-refractivity contribution in [3.63, 3.8) is 0 Å². The minimum Gasteiger partial charge on any atom is -0.497 e. The standard InChI is InChI=1S/C27H28N4O3S/c1-20(2)30(21-10-6-4-7-11-21)26(32)19-35-27-29-28-25(18-34-24-12-8-5-9-13-24)31(27)22-14-16-23(33-3)17-15-22/h4-17,20H,18-19H2,1-3H3. The van der Waals surface area contributed by atoms with Crippen molar-refractivity contribution in [3.05, 3.63) is 90.8 Å². The molecule has 0 fully saturated rings. The Labute approximate surface area is 209 Å². The lowest BCUT2D eigenvalue weighted by atomic mass is 10.2. The molecule has 8 heteroatoms. The van der Waals surface area contributed by atoms with Crippen molar-refractivity contribution in [3.8, 4) is 17.2 Å². The summed E-state index contributed by atoms with van der Waals surface area (Å²) >= 11 is 1.35. The summed E-state index contributed by atoms with van der Waals surface area (Å²) in [5.41, 5.74) is 1.74. The molecule has 1 heterocycles. The van der Waals surface area contributed by atoms with E-state index in [9.17, 15) is 4.79 Å². The lowest BCUT2D eigenvalue weighted by Gasteiger charge is -2.26. The van der Waals surface area contributed by atoms with Gasteiger partial charge in [0.1, 0.15) is 18.1 Å². The third-order valence-corrected chi connectivity index (χ3v) is 6.20. The number of rotatable bonds is 10. The predicted molar refractivity (Wildman–Crippen MR) is 138 cm³/mol. The SMILES string of the molecule is COc1ccc(-n2c(COc3ccccc3)nnc2SCC(=O)N(c2ccccc2)C(C)C)cc1. The van der Waals surface area contributed by atoms with E-state index in [2.05, 4.69) is 10.2 Å². The van der Waals surface area contributed by atoms with Gasteiger partial charge in [-0.25, -0.2) is 0 Å². The lowest BCUT2D eigenvalue weighted by molar-refractivity contribution is -0.116. The van der Waals surface area contributed by atoms with E-state index in [0.29, 0.717) is 11.0 Å². The van der Waals surface area contributed by atoms with Crippen molar-refractivity contribution in [1.29, 1.82) is 0 Å². The summed E-state index contributed by atoms with van der Waals surface area (Å²) in [6, 6.07) is 26.9.